The molecule has 1 aromatic carbocycles. The van der Waals surface area contributed by atoms with Gasteiger partial charge in [-0.15, -0.1) is 12.4 Å². The highest BCUT2D eigenvalue weighted by Crippen LogP contribution is 2.14. The molecule has 0 aliphatic carbocycles. The van der Waals surface area contributed by atoms with Crippen LogP contribution in [0.1, 0.15) is 25.3 Å². The molecule has 4 N–H and O–H groups in total. The molecule has 2 amide bonds. The standard InChI is InChI=1S/C14H21N3O2.ClH/c1-3-16-13(18)10(2)17-14(19)12(9-15)11-7-5-4-6-8-11;/h4-8,10,12H,3,9,15H2,1-2H3,(H,16,18)(H,17,19);1H. The van der Waals surface area contributed by atoms with E-state index >= 15 is 0 Å². The van der Waals surface area contributed by atoms with Gasteiger partial charge in [-0.1, -0.05) is 30.3 Å². The number of benzene rings is 1. The molecule has 6 heteroatoms. The zero-order valence-corrected chi connectivity index (χ0v) is 12.6. The number of likely N-dealkylation sites (N-methyl/N-ethyl adjacent to an activating group) is 1. The van der Waals surface area contributed by atoms with E-state index in [4.69, 9.17) is 5.73 Å². The number of rotatable bonds is 6. The third-order valence-corrected chi connectivity index (χ3v) is 2.86. The van der Waals surface area contributed by atoms with Crippen molar-refractivity contribution >= 4 is 24.2 Å². The molecule has 0 saturated heterocycles. The van der Waals surface area contributed by atoms with Gasteiger partial charge in [0, 0.05) is 13.1 Å². The number of amides is 2. The van der Waals surface area contributed by atoms with E-state index in [-0.39, 0.29) is 30.8 Å². The Kier molecular flexibility index (Phi) is 8.59. The molecule has 0 saturated carbocycles. The summed E-state index contributed by atoms with van der Waals surface area (Å²) in [6, 6.07) is 8.75. The predicted octanol–water partition coefficient (Wildman–Crippen LogP) is 0.792. The first-order valence-electron chi connectivity index (χ1n) is 6.43. The Morgan fingerprint density at radius 2 is 1.80 bits per heavy atom. The monoisotopic (exact) mass is 299 g/mol. The van der Waals surface area contributed by atoms with Crippen LogP contribution in [0, 0.1) is 0 Å². The summed E-state index contributed by atoms with van der Waals surface area (Å²) >= 11 is 0. The Morgan fingerprint density at radius 1 is 1.20 bits per heavy atom. The van der Waals surface area contributed by atoms with E-state index in [2.05, 4.69) is 10.6 Å². The summed E-state index contributed by atoms with van der Waals surface area (Å²) in [5, 5.41) is 5.35. The van der Waals surface area contributed by atoms with Gasteiger partial charge in [-0.2, -0.15) is 0 Å². The van der Waals surface area contributed by atoms with E-state index in [0.29, 0.717) is 6.54 Å². The smallest absolute Gasteiger partial charge is 0.242 e. The van der Waals surface area contributed by atoms with Crippen molar-refractivity contribution in [1.29, 1.82) is 0 Å². The molecule has 0 spiro atoms. The van der Waals surface area contributed by atoms with Crippen LogP contribution in [0.5, 0.6) is 0 Å². The van der Waals surface area contributed by atoms with E-state index in [9.17, 15) is 9.59 Å². The highest BCUT2D eigenvalue weighted by molar-refractivity contribution is 5.90. The van der Waals surface area contributed by atoms with Gasteiger partial charge in [0.25, 0.3) is 0 Å². The van der Waals surface area contributed by atoms with Crippen LogP contribution in [0.4, 0.5) is 0 Å². The second-order valence-corrected chi connectivity index (χ2v) is 4.32. The maximum Gasteiger partial charge on any atom is 0.242 e. The highest BCUT2D eigenvalue weighted by Gasteiger charge is 2.22. The van der Waals surface area contributed by atoms with Gasteiger partial charge < -0.3 is 16.4 Å². The number of hydrogen-bond acceptors (Lipinski definition) is 3. The van der Waals surface area contributed by atoms with Crippen LogP contribution in [0.2, 0.25) is 0 Å². The lowest BCUT2D eigenvalue weighted by Crippen LogP contribution is -2.47. The number of carbonyl (C=O) groups excluding carboxylic acids is 2. The first-order valence-corrected chi connectivity index (χ1v) is 6.43. The molecule has 112 valence electrons. The van der Waals surface area contributed by atoms with Crippen LogP contribution in [0.3, 0.4) is 0 Å². The fourth-order valence-electron chi connectivity index (χ4n) is 1.79. The van der Waals surface area contributed by atoms with Crippen LogP contribution < -0.4 is 16.4 Å². The summed E-state index contributed by atoms with van der Waals surface area (Å²) in [6.07, 6.45) is 0. The molecular formula is C14H22ClN3O2. The molecule has 2 atom stereocenters. The topological polar surface area (TPSA) is 84.2 Å². The highest BCUT2D eigenvalue weighted by atomic mass is 35.5. The number of hydrogen-bond donors (Lipinski definition) is 3. The summed E-state index contributed by atoms with van der Waals surface area (Å²) < 4.78 is 0. The average molecular weight is 300 g/mol. The summed E-state index contributed by atoms with van der Waals surface area (Å²) in [7, 11) is 0. The largest absolute Gasteiger partial charge is 0.355 e. The molecule has 1 rings (SSSR count). The van der Waals surface area contributed by atoms with Gasteiger partial charge in [0.1, 0.15) is 6.04 Å². The quantitative estimate of drug-likeness (QED) is 0.726. The lowest BCUT2D eigenvalue weighted by atomic mass is 9.98. The second-order valence-electron chi connectivity index (χ2n) is 4.32. The van der Waals surface area contributed by atoms with Gasteiger partial charge in [-0.3, -0.25) is 9.59 Å². The zero-order valence-electron chi connectivity index (χ0n) is 11.8. The molecule has 0 aliphatic heterocycles. The fraction of sp³-hybridized carbons (Fsp3) is 0.429. The fourth-order valence-corrected chi connectivity index (χ4v) is 1.79. The normalized spacial score (nSPS) is 12.8. The van der Waals surface area contributed by atoms with Gasteiger partial charge in [0.2, 0.25) is 11.8 Å². The first-order chi connectivity index (χ1) is 9.10. The first kappa shape index (κ1) is 18.4. The number of halogens is 1. The van der Waals surface area contributed by atoms with Crippen molar-refractivity contribution in [3.8, 4) is 0 Å². The van der Waals surface area contributed by atoms with Crippen molar-refractivity contribution in [2.75, 3.05) is 13.1 Å². The molecule has 0 fully saturated rings. The van der Waals surface area contributed by atoms with Gasteiger partial charge in [-0.25, -0.2) is 0 Å². The predicted molar refractivity (Wildman–Crippen MR) is 81.8 cm³/mol. The molecule has 0 radical (unpaired) electrons. The summed E-state index contributed by atoms with van der Waals surface area (Å²) in [5.41, 5.74) is 6.51. The van der Waals surface area contributed by atoms with Crippen LogP contribution in [0.15, 0.2) is 30.3 Å². The van der Waals surface area contributed by atoms with E-state index in [0.717, 1.165) is 5.56 Å². The minimum absolute atomic E-state index is 0. The molecular weight excluding hydrogens is 278 g/mol. The Hall–Kier alpha value is -1.59. The third kappa shape index (κ3) is 5.19. The second kappa shape index (κ2) is 9.34. The van der Waals surface area contributed by atoms with E-state index in [1.165, 1.54) is 0 Å². The third-order valence-electron chi connectivity index (χ3n) is 2.86. The van der Waals surface area contributed by atoms with E-state index in [1.807, 2.05) is 37.3 Å². The van der Waals surface area contributed by atoms with Crippen molar-refractivity contribution in [1.82, 2.24) is 10.6 Å². The molecule has 1 aromatic rings. The summed E-state index contributed by atoms with van der Waals surface area (Å²) in [4.78, 5) is 23.7. The summed E-state index contributed by atoms with van der Waals surface area (Å²) in [5.74, 6) is -0.856. The molecule has 0 aromatic heterocycles. The molecule has 5 nitrogen and oxygen atoms in total. The maximum atomic E-state index is 12.1. The van der Waals surface area contributed by atoms with Gasteiger partial charge in [-0.05, 0) is 19.4 Å². The van der Waals surface area contributed by atoms with Gasteiger partial charge >= 0.3 is 0 Å². The molecule has 0 heterocycles. The van der Waals surface area contributed by atoms with Crippen LogP contribution >= 0.6 is 12.4 Å². The van der Waals surface area contributed by atoms with Gasteiger partial charge in [0.05, 0.1) is 5.92 Å². The molecule has 20 heavy (non-hydrogen) atoms. The summed E-state index contributed by atoms with van der Waals surface area (Å²) in [6.45, 7) is 4.23. The van der Waals surface area contributed by atoms with Gasteiger partial charge in [0.15, 0.2) is 0 Å². The lowest BCUT2D eigenvalue weighted by molar-refractivity contribution is -0.129. The Balaban J connectivity index is 0.00000361. The minimum atomic E-state index is -0.565. The lowest BCUT2D eigenvalue weighted by Gasteiger charge is -2.19. The maximum absolute atomic E-state index is 12.1. The zero-order chi connectivity index (χ0) is 14.3. The Labute approximate surface area is 125 Å². The Morgan fingerprint density at radius 3 is 2.30 bits per heavy atom. The van der Waals surface area contributed by atoms with Crippen molar-refractivity contribution in [3.05, 3.63) is 35.9 Å². The minimum Gasteiger partial charge on any atom is -0.355 e. The van der Waals surface area contributed by atoms with Crippen LogP contribution in [0.25, 0.3) is 0 Å². The molecule has 0 bridgehead atoms. The van der Waals surface area contributed by atoms with Crippen molar-refractivity contribution in [3.63, 3.8) is 0 Å². The molecule has 0 aliphatic rings. The van der Waals surface area contributed by atoms with Crippen LogP contribution in [-0.2, 0) is 9.59 Å². The number of nitrogens with two attached hydrogens (primary N) is 1. The number of nitrogens with one attached hydrogen (secondary N) is 2. The van der Waals surface area contributed by atoms with Crippen molar-refractivity contribution in [2.24, 2.45) is 5.73 Å². The molecule has 2 unspecified atom stereocenters. The van der Waals surface area contributed by atoms with E-state index < -0.39 is 12.0 Å². The van der Waals surface area contributed by atoms with Crippen molar-refractivity contribution < 1.29 is 9.59 Å². The SMILES string of the molecule is CCNC(=O)C(C)NC(=O)C(CN)c1ccccc1.Cl. The van der Waals surface area contributed by atoms with Crippen molar-refractivity contribution in [2.45, 2.75) is 25.8 Å². The average Bonchev–Trinajstić information content (AvgIpc) is 2.41. The van der Waals surface area contributed by atoms with Crippen LogP contribution in [-0.4, -0.2) is 30.9 Å². The number of carbonyl (C=O) groups is 2. The van der Waals surface area contributed by atoms with E-state index in [1.54, 1.807) is 6.92 Å². The Bertz CT molecular complexity index is 426.